The second-order valence-corrected chi connectivity index (χ2v) is 6.59. The molecule has 0 aliphatic heterocycles. The number of urea groups is 1. The molecule has 3 rings (SSSR count). The zero-order valence-corrected chi connectivity index (χ0v) is 16.6. The van der Waals surface area contributed by atoms with Gasteiger partial charge in [0.1, 0.15) is 23.9 Å². The number of anilines is 1. The van der Waals surface area contributed by atoms with Crippen molar-refractivity contribution in [1.82, 2.24) is 14.3 Å². The van der Waals surface area contributed by atoms with Gasteiger partial charge in [-0.05, 0) is 43.3 Å². The lowest BCUT2D eigenvalue weighted by atomic mass is 10.3. The fourth-order valence-electron chi connectivity index (χ4n) is 2.85. The molecule has 152 valence electrons. The Labute approximate surface area is 167 Å². The first-order valence-corrected chi connectivity index (χ1v) is 9.13. The van der Waals surface area contributed by atoms with Crippen molar-refractivity contribution < 1.29 is 13.9 Å². The number of nitrogens with zero attached hydrogens (tertiary/aromatic N) is 3. The lowest BCUT2D eigenvalue weighted by Crippen LogP contribution is -2.36. The molecule has 0 fully saturated rings. The first kappa shape index (κ1) is 20.2. The maximum Gasteiger partial charge on any atom is 0.321 e. The Morgan fingerprint density at radius 3 is 2.45 bits per heavy atom. The van der Waals surface area contributed by atoms with E-state index < -0.39 is 6.03 Å². The zero-order valence-electron chi connectivity index (χ0n) is 16.6. The number of carbonyl (C=O) groups is 1. The summed E-state index contributed by atoms with van der Waals surface area (Å²) in [6.07, 6.45) is 0. The third-order valence-corrected chi connectivity index (χ3v) is 4.64. The van der Waals surface area contributed by atoms with E-state index in [4.69, 9.17) is 4.74 Å². The second-order valence-electron chi connectivity index (χ2n) is 6.59. The highest BCUT2D eigenvalue weighted by atomic mass is 19.1. The third kappa shape index (κ3) is 4.48. The van der Waals surface area contributed by atoms with Gasteiger partial charge in [0.05, 0.1) is 17.9 Å². The molecule has 0 bridgehead atoms. The number of ether oxygens (including phenoxy) is 1. The van der Waals surface area contributed by atoms with Gasteiger partial charge in [0.15, 0.2) is 0 Å². The van der Waals surface area contributed by atoms with Gasteiger partial charge in [-0.15, -0.1) is 0 Å². The summed E-state index contributed by atoms with van der Waals surface area (Å²) in [5.41, 5.74) is 1.28. The third-order valence-electron chi connectivity index (χ3n) is 4.64. The molecule has 1 heterocycles. The molecule has 29 heavy (non-hydrogen) atoms. The fraction of sp³-hybridized carbons (Fsp3) is 0.238. The monoisotopic (exact) mass is 398 g/mol. The van der Waals surface area contributed by atoms with Crippen molar-refractivity contribution in [1.29, 1.82) is 0 Å². The van der Waals surface area contributed by atoms with Crippen molar-refractivity contribution in [2.75, 3.05) is 25.5 Å². The van der Waals surface area contributed by atoms with Gasteiger partial charge in [-0.25, -0.2) is 13.9 Å². The smallest absolute Gasteiger partial charge is 0.321 e. The molecule has 7 nitrogen and oxygen atoms in total. The minimum atomic E-state index is -0.418. The van der Waals surface area contributed by atoms with Gasteiger partial charge in [-0.3, -0.25) is 9.48 Å². The minimum Gasteiger partial charge on any atom is -0.492 e. The van der Waals surface area contributed by atoms with E-state index in [9.17, 15) is 14.0 Å². The number of aromatic nitrogens is 2. The van der Waals surface area contributed by atoms with Crippen LogP contribution in [0.2, 0.25) is 0 Å². The van der Waals surface area contributed by atoms with Gasteiger partial charge in [-0.1, -0.05) is 18.2 Å². The van der Waals surface area contributed by atoms with Gasteiger partial charge in [0.25, 0.3) is 5.56 Å². The first-order valence-electron chi connectivity index (χ1n) is 9.13. The zero-order chi connectivity index (χ0) is 21.0. The lowest BCUT2D eigenvalue weighted by molar-refractivity contribution is 0.207. The molecule has 0 aliphatic rings. The van der Waals surface area contributed by atoms with Crippen molar-refractivity contribution in [2.24, 2.45) is 7.05 Å². The number of carbonyl (C=O) groups excluding carboxylic acids is 1. The van der Waals surface area contributed by atoms with Crippen molar-refractivity contribution >= 4 is 11.7 Å². The van der Waals surface area contributed by atoms with E-state index in [1.165, 1.54) is 33.8 Å². The SMILES string of the molecule is Cc1c(NC(=O)N(C)CCOc2ccc(F)cc2)c(=O)n(-c2ccccc2)n1C. The van der Waals surface area contributed by atoms with Crippen LogP contribution < -0.4 is 15.6 Å². The second kappa shape index (κ2) is 8.64. The Bertz CT molecular complexity index is 1040. The Balaban J connectivity index is 1.65. The number of para-hydroxylation sites is 1. The molecule has 1 N–H and O–H groups in total. The summed E-state index contributed by atoms with van der Waals surface area (Å²) in [5, 5.41) is 2.69. The molecule has 3 aromatic rings. The molecular formula is C21H23FN4O3. The van der Waals surface area contributed by atoms with E-state index in [1.54, 1.807) is 25.7 Å². The maximum absolute atomic E-state index is 12.9. The summed E-state index contributed by atoms with van der Waals surface area (Å²) in [7, 11) is 3.37. The molecule has 1 aromatic heterocycles. The van der Waals surface area contributed by atoms with Gasteiger partial charge in [0.2, 0.25) is 0 Å². The van der Waals surface area contributed by atoms with Crippen LogP contribution in [0.1, 0.15) is 5.69 Å². The van der Waals surface area contributed by atoms with Crippen LogP contribution in [0.3, 0.4) is 0 Å². The Morgan fingerprint density at radius 2 is 1.79 bits per heavy atom. The molecule has 2 amide bonds. The largest absolute Gasteiger partial charge is 0.492 e. The van der Waals surface area contributed by atoms with E-state index in [0.29, 0.717) is 23.7 Å². The average Bonchev–Trinajstić information content (AvgIpc) is 2.93. The molecule has 0 spiro atoms. The minimum absolute atomic E-state index is 0.229. The van der Waals surface area contributed by atoms with Crippen molar-refractivity contribution in [2.45, 2.75) is 6.92 Å². The normalized spacial score (nSPS) is 10.6. The van der Waals surface area contributed by atoms with Crippen molar-refractivity contribution in [3.63, 3.8) is 0 Å². The topological polar surface area (TPSA) is 68.5 Å². The van der Waals surface area contributed by atoms with E-state index in [2.05, 4.69) is 5.32 Å². The van der Waals surface area contributed by atoms with E-state index in [-0.39, 0.29) is 23.7 Å². The molecule has 0 saturated carbocycles. The quantitative estimate of drug-likeness (QED) is 0.694. The van der Waals surface area contributed by atoms with Crippen LogP contribution in [0, 0.1) is 12.7 Å². The number of halogens is 1. The molecule has 0 saturated heterocycles. The predicted molar refractivity (Wildman–Crippen MR) is 109 cm³/mol. The number of likely N-dealkylation sites (N-methyl/N-ethyl adjacent to an activating group) is 1. The van der Waals surface area contributed by atoms with Gasteiger partial charge >= 0.3 is 6.03 Å². The van der Waals surface area contributed by atoms with Crippen LogP contribution in [0.4, 0.5) is 14.9 Å². The summed E-state index contributed by atoms with van der Waals surface area (Å²) in [5.74, 6) is 0.179. The van der Waals surface area contributed by atoms with Gasteiger partial charge < -0.3 is 15.0 Å². The van der Waals surface area contributed by atoms with Gasteiger partial charge in [-0.2, -0.15) is 0 Å². The molecule has 0 atom stereocenters. The van der Waals surface area contributed by atoms with Crippen LogP contribution in [0.15, 0.2) is 59.4 Å². The summed E-state index contributed by atoms with van der Waals surface area (Å²) < 4.78 is 21.6. The van der Waals surface area contributed by atoms with Crippen molar-refractivity contribution in [3.8, 4) is 11.4 Å². The number of amides is 2. The molecule has 0 unspecified atom stereocenters. The van der Waals surface area contributed by atoms with E-state index in [1.807, 2.05) is 30.3 Å². The molecule has 2 aromatic carbocycles. The number of hydrogen-bond donors (Lipinski definition) is 1. The van der Waals surface area contributed by atoms with Crippen LogP contribution in [-0.4, -0.2) is 40.5 Å². The number of benzene rings is 2. The number of rotatable bonds is 6. The fourth-order valence-corrected chi connectivity index (χ4v) is 2.85. The number of hydrogen-bond acceptors (Lipinski definition) is 3. The molecular weight excluding hydrogens is 375 g/mol. The molecule has 0 aliphatic carbocycles. The summed E-state index contributed by atoms with van der Waals surface area (Å²) in [6.45, 7) is 2.30. The Hall–Kier alpha value is -3.55. The van der Waals surface area contributed by atoms with Crippen LogP contribution in [-0.2, 0) is 7.05 Å². The van der Waals surface area contributed by atoms with E-state index in [0.717, 1.165) is 0 Å². The standard InChI is InChI=1S/C21H23FN4O3/c1-15-19(20(27)26(25(15)3)17-7-5-4-6-8-17)23-21(28)24(2)13-14-29-18-11-9-16(22)10-12-18/h4-12H,13-14H2,1-3H3,(H,23,28). The molecule has 8 heteroatoms. The van der Waals surface area contributed by atoms with Crippen molar-refractivity contribution in [3.05, 3.63) is 76.5 Å². The summed E-state index contributed by atoms with van der Waals surface area (Å²) >= 11 is 0. The molecule has 0 radical (unpaired) electrons. The highest BCUT2D eigenvalue weighted by molar-refractivity contribution is 5.89. The first-order chi connectivity index (χ1) is 13.9. The Morgan fingerprint density at radius 1 is 1.14 bits per heavy atom. The lowest BCUT2D eigenvalue weighted by Gasteiger charge is -2.17. The Kier molecular flexibility index (Phi) is 6.01. The number of nitrogens with one attached hydrogen (secondary N) is 1. The maximum atomic E-state index is 12.9. The highest BCUT2D eigenvalue weighted by Gasteiger charge is 2.19. The summed E-state index contributed by atoms with van der Waals surface area (Å²) in [6, 6.07) is 14.5. The van der Waals surface area contributed by atoms with Gasteiger partial charge in [0, 0.05) is 14.1 Å². The summed E-state index contributed by atoms with van der Waals surface area (Å²) in [4.78, 5) is 26.8. The predicted octanol–water partition coefficient (Wildman–Crippen LogP) is 3.17. The van der Waals surface area contributed by atoms with Crippen LogP contribution >= 0.6 is 0 Å². The van der Waals surface area contributed by atoms with Crippen LogP contribution in [0.25, 0.3) is 5.69 Å². The average molecular weight is 398 g/mol. The highest BCUT2D eigenvalue weighted by Crippen LogP contribution is 2.14. The van der Waals surface area contributed by atoms with E-state index >= 15 is 0 Å². The van der Waals surface area contributed by atoms with Crippen LogP contribution in [0.5, 0.6) is 5.75 Å².